The molecule has 4 rings (SSSR count). The molecule has 1 aliphatic heterocycles. The zero-order chi connectivity index (χ0) is 22.0. The van der Waals surface area contributed by atoms with E-state index >= 15 is 0 Å². The highest BCUT2D eigenvalue weighted by Gasteiger charge is 2.33. The van der Waals surface area contributed by atoms with Crippen molar-refractivity contribution in [1.82, 2.24) is 0 Å². The summed E-state index contributed by atoms with van der Waals surface area (Å²) < 4.78 is 11.6. The van der Waals surface area contributed by atoms with Gasteiger partial charge in [0.1, 0.15) is 23.0 Å². The number of anilines is 1. The Hall–Kier alpha value is -3.09. The number of methoxy groups -OCH3 is 2. The first kappa shape index (κ1) is 21.2. The van der Waals surface area contributed by atoms with Gasteiger partial charge in [0.05, 0.1) is 24.9 Å². The molecule has 0 unspecified atom stereocenters. The summed E-state index contributed by atoms with van der Waals surface area (Å²) >= 11 is 9.92. The van der Waals surface area contributed by atoms with E-state index in [4.69, 9.17) is 21.1 Å². The van der Waals surface area contributed by atoms with Gasteiger partial charge in [0, 0.05) is 21.7 Å². The summed E-state index contributed by atoms with van der Waals surface area (Å²) in [5.41, 5.74) is 2.34. The van der Waals surface area contributed by atoms with Gasteiger partial charge in [-0.05, 0) is 48.5 Å². The van der Waals surface area contributed by atoms with Crippen LogP contribution in [0.4, 0.5) is 5.69 Å². The van der Waals surface area contributed by atoms with Crippen LogP contribution < -0.4 is 14.4 Å². The highest BCUT2D eigenvalue weighted by molar-refractivity contribution is 9.10. The van der Waals surface area contributed by atoms with Crippen LogP contribution in [0.2, 0.25) is 5.02 Å². The van der Waals surface area contributed by atoms with Crippen LogP contribution in [0.5, 0.6) is 11.5 Å². The maximum Gasteiger partial charge on any atom is 0.282 e. The molecular weight excluding hydrogens is 480 g/mol. The van der Waals surface area contributed by atoms with Crippen molar-refractivity contribution in [3.05, 3.63) is 93.0 Å². The number of amides is 1. The highest BCUT2D eigenvalue weighted by atomic mass is 79.9. The van der Waals surface area contributed by atoms with Gasteiger partial charge in [-0.15, -0.1) is 0 Å². The van der Waals surface area contributed by atoms with Gasteiger partial charge in [-0.2, -0.15) is 0 Å². The number of carbonyl (C=O) groups is 1. The zero-order valence-electron chi connectivity index (χ0n) is 16.8. The first-order valence-electron chi connectivity index (χ1n) is 9.39. The number of rotatable bonds is 5. The number of carbonyl (C=O) groups excluding carboxylic acids is 1. The molecule has 1 amide bonds. The molecule has 1 aliphatic rings. The second kappa shape index (κ2) is 8.96. The molecule has 0 saturated carbocycles. The van der Waals surface area contributed by atoms with Crippen LogP contribution in [0.1, 0.15) is 11.1 Å². The molecule has 0 N–H and O–H groups in total. The number of halogens is 2. The Morgan fingerprint density at radius 1 is 1.00 bits per heavy atom. The molecule has 0 aliphatic carbocycles. The third-order valence-corrected chi connectivity index (χ3v) is 5.60. The van der Waals surface area contributed by atoms with Gasteiger partial charge in [0.2, 0.25) is 0 Å². The van der Waals surface area contributed by atoms with Gasteiger partial charge in [0.15, 0.2) is 0 Å². The summed E-state index contributed by atoms with van der Waals surface area (Å²) in [5, 5.41) is 0.511. The van der Waals surface area contributed by atoms with Crippen LogP contribution in [0, 0.1) is 0 Å². The van der Waals surface area contributed by atoms with E-state index in [1.807, 2.05) is 48.5 Å². The van der Waals surface area contributed by atoms with Gasteiger partial charge in [-0.1, -0.05) is 45.7 Å². The van der Waals surface area contributed by atoms with Gasteiger partial charge >= 0.3 is 0 Å². The number of aliphatic imine (C=N–C) groups is 1. The standard InChI is InChI=1S/C24H18BrClN2O3/c1-30-18-11-10-15(22(14-18)31-2)12-21-24(29)28(17-7-5-6-16(25)13-17)23(27-21)19-8-3-4-9-20(19)26/h3-14H,1-2H3/b21-12+. The van der Waals surface area contributed by atoms with Crippen molar-refractivity contribution in [1.29, 1.82) is 0 Å². The average Bonchev–Trinajstić information content (AvgIpc) is 3.10. The van der Waals surface area contributed by atoms with E-state index in [1.54, 1.807) is 43.4 Å². The maximum atomic E-state index is 13.5. The van der Waals surface area contributed by atoms with E-state index in [1.165, 1.54) is 0 Å². The number of hydrogen-bond donors (Lipinski definition) is 0. The summed E-state index contributed by atoms with van der Waals surface area (Å²) in [6, 6.07) is 20.2. The van der Waals surface area contributed by atoms with E-state index in [9.17, 15) is 4.79 Å². The van der Waals surface area contributed by atoms with E-state index in [-0.39, 0.29) is 11.6 Å². The van der Waals surface area contributed by atoms with E-state index in [0.29, 0.717) is 39.2 Å². The quantitative estimate of drug-likeness (QED) is 0.409. The second-order valence-corrected chi connectivity index (χ2v) is 8.00. The Balaban J connectivity index is 1.86. The first-order chi connectivity index (χ1) is 15.0. The molecule has 1 heterocycles. The van der Waals surface area contributed by atoms with Gasteiger partial charge in [-0.25, -0.2) is 4.99 Å². The minimum absolute atomic E-state index is 0.258. The lowest BCUT2D eigenvalue weighted by Gasteiger charge is -2.19. The third kappa shape index (κ3) is 4.22. The van der Waals surface area contributed by atoms with Crippen molar-refractivity contribution >= 4 is 51.0 Å². The van der Waals surface area contributed by atoms with Gasteiger partial charge in [0.25, 0.3) is 5.91 Å². The molecule has 0 saturated heterocycles. The van der Waals surface area contributed by atoms with Crippen molar-refractivity contribution in [2.24, 2.45) is 4.99 Å². The Morgan fingerprint density at radius 2 is 1.81 bits per heavy atom. The lowest BCUT2D eigenvalue weighted by Crippen LogP contribution is -2.32. The molecule has 3 aromatic rings. The fraction of sp³-hybridized carbons (Fsp3) is 0.0833. The molecule has 156 valence electrons. The number of hydrogen-bond acceptors (Lipinski definition) is 4. The van der Waals surface area contributed by atoms with Crippen molar-refractivity contribution in [2.45, 2.75) is 0 Å². The number of ether oxygens (including phenoxy) is 2. The molecule has 0 aromatic heterocycles. The average molecular weight is 498 g/mol. The second-order valence-electron chi connectivity index (χ2n) is 6.67. The number of nitrogens with zero attached hydrogens (tertiary/aromatic N) is 2. The third-order valence-electron chi connectivity index (χ3n) is 4.77. The fourth-order valence-electron chi connectivity index (χ4n) is 3.28. The fourth-order valence-corrected chi connectivity index (χ4v) is 3.89. The Labute approximate surface area is 193 Å². The SMILES string of the molecule is COc1ccc(/C=C2/N=C(c3ccccc3Cl)N(c3cccc(Br)c3)C2=O)c(OC)c1. The summed E-state index contributed by atoms with van der Waals surface area (Å²) in [5.74, 6) is 1.45. The summed E-state index contributed by atoms with van der Waals surface area (Å²) in [7, 11) is 3.16. The predicted octanol–water partition coefficient (Wildman–Crippen LogP) is 5.95. The molecule has 3 aromatic carbocycles. The molecule has 31 heavy (non-hydrogen) atoms. The smallest absolute Gasteiger partial charge is 0.282 e. The predicted molar refractivity (Wildman–Crippen MR) is 127 cm³/mol. The van der Waals surface area contributed by atoms with Crippen LogP contribution in [0.25, 0.3) is 6.08 Å². The lowest BCUT2D eigenvalue weighted by molar-refractivity contribution is -0.113. The van der Waals surface area contributed by atoms with Gasteiger partial charge in [-0.3, -0.25) is 9.69 Å². The number of amidine groups is 1. The van der Waals surface area contributed by atoms with Crippen LogP contribution in [-0.2, 0) is 4.79 Å². The normalized spacial score (nSPS) is 14.7. The maximum absolute atomic E-state index is 13.5. The molecular formula is C24H18BrClN2O3. The Bertz CT molecular complexity index is 1220. The van der Waals surface area contributed by atoms with Crippen molar-refractivity contribution in [2.75, 3.05) is 19.1 Å². The minimum atomic E-state index is -0.258. The highest BCUT2D eigenvalue weighted by Crippen LogP contribution is 2.33. The largest absolute Gasteiger partial charge is 0.497 e. The summed E-state index contributed by atoms with van der Waals surface area (Å²) in [6.07, 6.45) is 1.70. The van der Waals surface area contributed by atoms with Crippen LogP contribution in [0.3, 0.4) is 0 Å². The first-order valence-corrected chi connectivity index (χ1v) is 10.6. The van der Waals surface area contributed by atoms with E-state index in [2.05, 4.69) is 20.9 Å². The molecule has 0 fully saturated rings. The Kier molecular flexibility index (Phi) is 6.11. The van der Waals surface area contributed by atoms with E-state index in [0.717, 1.165) is 4.47 Å². The minimum Gasteiger partial charge on any atom is -0.497 e. The topological polar surface area (TPSA) is 51.1 Å². The Morgan fingerprint density at radius 3 is 2.52 bits per heavy atom. The van der Waals surface area contributed by atoms with Crippen molar-refractivity contribution in [3.63, 3.8) is 0 Å². The summed E-state index contributed by atoms with van der Waals surface area (Å²) in [4.78, 5) is 19.7. The van der Waals surface area contributed by atoms with Gasteiger partial charge < -0.3 is 9.47 Å². The molecule has 7 heteroatoms. The van der Waals surface area contributed by atoms with E-state index < -0.39 is 0 Å². The molecule has 0 radical (unpaired) electrons. The van der Waals surface area contributed by atoms with Crippen molar-refractivity contribution in [3.8, 4) is 11.5 Å². The molecule has 5 nitrogen and oxygen atoms in total. The van der Waals surface area contributed by atoms with Crippen LogP contribution >= 0.6 is 27.5 Å². The zero-order valence-corrected chi connectivity index (χ0v) is 19.1. The lowest BCUT2D eigenvalue weighted by atomic mass is 10.1. The molecule has 0 spiro atoms. The monoisotopic (exact) mass is 496 g/mol. The van der Waals surface area contributed by atoms with Crippen molar-refractivity contribution < 1.29 is 14.3 Å². The van der Waals surface area contributed by atoms with Crippen LogP contribution in [0.15, 0.2) is 81.9 Å². The number of benzene rings is 3. The molecule has 0 bridgehead atoms. The van der Waals surface area contributed by atoms with Crippen LogP contribution in [-0.4, -0.2) is 26.0 Å². The molecule has 0 atom stereocenters. The summed E-state index contributed by atoms with van der Waals surface area (Å²) in [6.45, 7) is 0.